The van der Waals surface area contributed by atoms with Gasteiger partial charge in [0.15, 0.2) is 5.82 Å². The zero-order valence-electron chi connectivity index (χ0n) is 14.5. The Morgan fingerprint density at radius 2 is 2.36 bits per heavy atom. The minimum absolute atomic E-state index is 0.184. The average Bonchev–Trinajstić information content (AvgIpc) is 3.18. The van der Waals surface area contributed by atoms with E-state index in [0.29, 0.717) is 19.0 Å². The summed E-state index contributed by atoms with van der Waals surface area (Å²) >= 11 is 0. The first kappa shape index (κ1) is 17.2. The van der Waals surface area contributed by atoms with Crippen molar-refractivity contribution in [1.82, 2.24) is 20.1 Å². The number of aryl methyl sites for hydroxylation is 1. The zero-order valence-corrected chi connectivity index (χ0v) is 14.5. The van der Waals surface area contributed by atoms with Gasteiger partial charge in [-0.15, -0.1) is 10.2 Å². The van der Waals surface area contributed by atoms with E-state index in [-0.39, 0.29) is 12.1 Å². The monoisotopic (exact) mass is 345 g/mol. The number of methoxy groups -OCH3 is 1. The van der Waals surface area contributed by atoms with Gasteiger partial charge in [0.25, 0.3) is 0 Å². The number of ether oxygens (including phenoxy) is 2. The van der Waals surface area contributed by atoms with Gasteiger partial charge in [0, 0.05) is 32.4 Å². The molecule has 8 heteroatoms. The van der Waals surface area contributed by atoms with E-state index in [1.807, 2.05) is 29.7 Å². The fourth-order valence-electron chi connectivity index (χ4n) is 2.82. The van der Waals surface area contributed by atoms with Crippen LogP contribution in [-0.4, -0.2) is 40.6 Å². The van der Waals surface area contributed by atoms with Gasteiger partial charge in [-0.05, 0) is 37.1 Å². The molecule has 0 saturated heterocycles. The number of nitrogens with zero attached hydrogens (tertiary/aromatic N) is 3. The Morgan fingerprint density at radius 1 is 1.48 bits per heavy atom. The van der Waals surface area contributed by atoms with Crippen LogP contribution in [-0.2, 0) is 24.2 Å². The van der Waals surface area contributed by atoms with Crippen molar-refractivity contribution in [2.75, 3.05) is 19.0 Å². The Kier molecular flexibility index (Phi) is 5.49. The second-order valence-electron chi connectivity index (χ2n) is 6.05. The topological polar surface area (TPSA) is 90.3 Å². The molecule has 1 aliphatic rings. The van der Waals surface area contributed by atoms with Crippen LogP contribution in [0.3, 0.4) is 0 Å². The Balaban J connectivity index is 1.51. The summed E-state index contributed by atoms with van der Waals surface area (Å²) in [7, 11) is 1.67. The molecule has 2 aromatic rings. The van der Waals surface area contributed by atoms with Crippen molar-refractivity contribution in [3.05, 3.63) is 35.9 Å². The van der Waals surface area contributed by atoms with Crippen LogP contribution in [0.25, 0.3) is 0 Å². The molecule has 25 heavy (non-hydrogen) atoms. The number of carbonyl (C=O) groups excluding carboxylic acids is 1. The molecular formula is C17H23N5O3. The molecule has 0 unspecified atom stereocenters. The van der Waals surface area contributed by atoms with Gasteiger partial charge < -0.3 is 24.7 Å². The SMILES string of the molecule is COCCCn1cnnc1CNC(=O)Nc1ccc2c(c1)C[C@H](C)O2. The predicted molar refractivity (Wildman–Crippen MR) is 92.6 cm³/mol. The standard InChI is InChI=1S/C17H23N5O3/c1-12-8-13-9-14(4-5-15(13)25-12)20-17(23)18-10-16-21-19-11-22(16)6-3-7-24-2/h4-5,9,11-12H,3,6-8,10H2,1-2H3,(H2,18,20,23)/t12-/m0/s1. The molecule has 1 atom stereocenters. The normalized spacial score (nSPS) is 15.5. The molecule has 2 amide bonds. The highest BCUT2D eigenvalue weighted by molar-refractivity contribution is 5.89. The number of rotatable bonds is 7. The summed E-state index contributed by atoms with van der Waals surface area (Å²) in [5, 5.41) is 13.6. The van der Waals surface area contributed by atoms with Crippen molar-refractivity contribution in [2.45, 2.75) is 39.0 Å². The highest BCUT2D eigenvalue weighted by Crippen LogP contribution is 2.30. The number of anilines is 1. The lowest BCUT2D eigenvalue weighted by Crippen LogP contribution is -2.29. The molecule has 8 nitrogen and oxygen atoms in total. The highest BCUT2D eigenvalue weighted by Gasteiger charge is 2.19. The van der Waals surface area contributed by atoms with Gasteiger partial charge in [-0.2, -0.15) is 0 Å². The number of benzene rings is 1. The molecule has 1 aromatic carbocycles. The van der Waals surface area contributed by atoms with Crippen molar-refractivity contribution in [3.8, 4) is 5.75 Å². The molecule has 0 radical (unpaired) electrons. The predicted octanol–water partition coefficient (Wildman–Crippen LogP) is 1.96. The lowest BCUT2D eigenvalue weighted by Gasteiger charge is -2.10. The molecule has 0 spiro atoms. The summed E-state index contributed by atoms with van der Waals surface area (Å²) < 4.78 is 12.6. The maximum Gasteiger partial charge on any atom is 0.319 e. The average molecular weight is 345 g/mol. The van der Waals surface area contributed by atoms with Crippen molar-refractivity contribution >= 4 is 11.7 Å². The fourth-order valence-corrected chi connectivity index (χ4v) is 2.82. The number of urea groups is 1. The molecule has 0 saturated carbocycles. The maximum atomic E-state index is 12.1. The van der Waals surface area contributed by atoms with Crippen LogP contribution in [0.15, 0.2) is 24.5 Å². The third-order valence-corrected chi connectivity index (χ3v) is 4.00. The molecule has 1 aromatic heterocycles. The molecule has 0 bridgehead atoms. The van der Waals surface area contributed by atoms with E-state index in [9.17, 15) is 4.79 Å². The number of hydrogen-bond donors (Lipinski definition) is 2. The molecule has 2 N–H and O–H groups in total. The minimum atomic E-state index is -0.279. The van der Waals surface area contributed by atoms with E-state index < -0.39 is 0 Å². The Morgan fingerprint density at radius 3 is 3.20 bits per heavy atom. The van der Waals surface area contributed by atoms with Gasteiger partial charge in [-0.3, -0.25) is 0 Å². The summed E-state index contributed by atoms with van der Waals surface area (Å²) in [4.78, 5) is 12.1. The third-order valence-electron chi connectivity index (χ3n) is 4.00. The van der Waals surface area contributed by atoms with E-state index >= 15 is 0 Å². The summed E-state index contributed by atoms with van der Waals surface area (Å²) in [6.45, 7) is 3.77. The Labute approximate surface area is 146 Å². The van der Waals surface area contributed by atoms with Crippen LogP contribution in [0, 0.1) is 0 Å². The number of hydrogen-bond acceptors (Lipinski definition) is 5. The Bertz CT molecular complexity index is 731. The Hall–Kier alpha value is -2.61. The van der Waals surface area contributed by atoms with Gasteiger partial charge >= 0.3 is 6.03 Å². The summed E-state index contributed by atoms with van der Waals surface area (Å²) in [5.41, 5.74) is 1.86. The fraction of sp³-hybridized carbons (Fsp3) is 0.471. The highest BCUT2D eigenvalue weighted by atomic mass is 16.5. The van der Waals surface area contributed by atoms with Crippen LogP contribution in [0.2, 0.25) is 0 Å². The van der Waals surface area contributed by atoms with E-state index in [1.165, 1.54) is 0 Å². The summed E-state index contributed by atoms with van der Waals surface area (Å²) in [5.74, 6) is 1.60. The summed E-state index contributed by atoms with van der Waals surface area (Å²) in [6.07, 6.45) is 3.57. The second-order valence-corrected chi connectivity index (χ2v) is 6.05. The first-order valence-electron chi connectivity index (χ1n) is 8.36. The van der Waals surface area contributed by atoms with Gasteiger partial charge in [0.05, 0.1) is 6.54 Å². The van der Waals surface area contributed by atoms with Gasteiger partial charge in [-0.25, -0.2) is 4.79 Å². The number of carbonyl (C=O) groups is 1. The van der Waals surface area contributed by atoms with Crippen molar-refractivity contribution in [2.24, 2.45) is 0 Å². The molecule has 2 heterocycles. The molecular weight excluding hydrogens is 322 g/mol. The first-order valence-corrected chi connectivity index (χ1v) is 8.36. The van der Waals surface area contributed by atoms with E-state index in [0.717, 1.165) is 36.4 Å². The molecule has 1 aliphatic heterocycles. The number of fused-ring (bicyclic) bond motifs is 1. The van der Waals surface area contributed by atoms with Crippen molar-refractivity contribution in [1.29, 1.82) is 0 Å². The number of nitrogens with one attached hydrogen (secondary N) is 2. The minimum Gasteiger partial charge on any atom is -0.490 e. The van der Waals surface area contributed by atoms with Crippen molar-refractivity contribution < 1.29 is 14.3 Å². The van der Waals surface area contributed by atoms with E-state index in [4.69, 9.17) is 9.47 Å². The largest absolute Gasteiger partial charge is 0.490 e. The van der Waals surface area contributed by atoms with Crippen LogP contribution >= 0.6 is 0 Å². The smallest absolute Gasteiger partial charge is 0.319 e. The third kappa shape index (κ3) is 4.48. The van der Waals surface area contributed by atoms with Crippen LogP contribution in [0.4, 0.5) is 10.5 Å². The van der Waals surface area contributed by atoms with Crippen LogP contribution in [0.5, 0.6) is 5.75 Å². The zero-order chi connectivity index (χ0) is 17.6. The van der Waals surface area contributed by atoms with Crippen LogP contribution < -0.4 is 15.4 Å². The molecule has 0 aliphatic carbocycles. The lowest BCUT2D eigenvalue weighted by atomic mass is 10.1. The van der Waals surface area contributed by atoms with Crippen molar-refractivity contribution in [3.63, 3.8) is 0 Å². The summed E-state index contributed by atoms with van der Waals surface area (Å²) in [6, 6.07) is 5.40. The maximum absolute atomic E-state index is 12.1. The lowest BCUT2D eigenvalue weighted by molar-refractivity contribution is 0.190. The molecule has 134 valence electrons. The number of amides is 2. The number of aromatic nitrogens is 3. The van der Waals surface area contributed by atoms with Gasteiger partial charge in [-0.1, -0.05) is 0 Å². The quantitative estimate of drug-likeness (QED) is 0.749. The van der Waals surface area contributed by atoms with Crippen LogP contribution in [0.1, 0.15) is 24.7 Å². The first-order chi connectivity index (χ1) is 12.2. The van der Waals surface area contributed by atoms with E-state index in [1.54, 1.807) is 13.4 Å². The molecule has 3 rings (SSSR count). The molecule has 0 fully saturated rings. The van der Waals surface area contributed by atoms with Gasteiger partial charge in [0.2, 0.25) is 0 Å². The second kappa shape index (κ2) is 7.98. The van der Waals surface area contributed by atoms with E-state index in [2.05, 4.69) is 20.8 Å². The van der Waals surface area contributed by atoms with Gasteiger partial charge in [0.1, 0.15) is 18.2 Å².